The summed E-state index contributed by atoms with van der Waals surface area (Å²) in [7, 11) is 0. The highest BCUT2D eigenvalue weighted by atomic mass is 16.5. The lowest BCUT2D eigenvalue weighted by atomic mass is 9.88. The van der Waals surface area contributed by atoms with Crippen LogP contribution in [-0.4, -0.2) is 30.6 Å². The molecule has 3 aromatic carbocycles. The third-order valence-electron chi connectivity index (χ3n) is 6.50. The average Bonchev–Trinajstić information content (AvgIpc) is 2.92. The Hall–Kier alpha value is -3.47. The first-order chi connectivity index (χ1) is 17.2. The second kappa shape index (κ2) is 12.8. The monoisotopic (exact) mass is 472 g/mol. The molecule has 35 heavy (non-hydrogen) atoms. The molecule has 1 saturated heterocycles. The van der Waals surface area contributed by atoms with Gasteiger partial charge in [-0.1, -0.05) is 80.1 Å². The number of likely N-dealkylation sites (tertiary alicyclic amines) is 1. The van der Waals surface area contributed by atoms with Crippen LogP contribution in [-0.2, 0) is 13.2 Å². The van der Waals surface area contributed by atoms with E-state index in [0.29, 0.717) is 19.1 Å². The summed E-state index contributed by atoms with van der Waals surface area (Å²) in [4.78, 5) is 14.4. The molecule has 0 bridgehead atoms. The molecule has 2 amide bonds. The smallest absolute Gasteiger partial charge is 0.317 e. The van der Waals surface area contributed by atoms with Gasteiger partial charge < -0.3 is 19.7 Å². The van der Waals surface area contributed by atoms with Gasteiger partial charge in [0.15, 0.2) is 0 Å². The van der Waals surface area contributed by atoms with E-state index in [1.165, 1.54) is 5.56 Å². The molecule has 0 saturated carbocycles. The second-order valence-electron chi connectivity index (χ2n) is 9.09. The molecule has 0 spiro atoms. The predicted molar refractivity (Wildman–Crippen MR) is 140 cm³/mol. The minimum Gasteiger partial charge on any atom is -0.489 e. The topological polar surface area (TPSA) is 50.8 Å². The first-order valence-electron chi connectivity index (χ1n) is 12.7. The summed E-state index contributed by atoms with van der Waals surface area (Å²) in [5.74, 6) is 2.02. The van der Waals surface area contributed by atoms with Crippen molar-refractivity contribution in [1.29, 1.82) is 0 Å². The Labute approximate surface area is 209 Å². The Morgan fingerprint density at radius 2 is 1.51 bits per heavy atom. The van der Waals surface area contributed by atoms with Crippen molar-refractivity contribution in [3.8, 4) is 11.5 Å². The number of piperidine rings is 1. The summed E-state index contributed by atoms with van der Waals surface area (Å²) < 4.78 is 12.4. The van der Waals surface area contributed by atoms with Crippen molar-refractivity contribution in [1.82, 2.24) is 10.2 Å². The summed E-state index contributed by atoms with van der Waals surface area (Å²) >= 11 is 0. The molecule has 1 heterocycles. The van der Waals surface area contributed by atoms with Crippen molar-refractivity contribution in [3.63, 3.8) is 0 Å². The summed E-state index contributed by atoms with van der Waals surface area (Å²) in [5.41, 5.74) is 3.46. The quantitative estimate of drug-likeness (QED) is 0.341. The van der Waals surface area contributed by atoms with Gasteiger partial charge in [0.05, 0.1) is 0 Å². The van der Waals surface area contributed by atoms with Gasteiger partial charge in [-0.15, -0.1) is 0 Å². The number of hydrogen-bond donors (Lipinski definition) is 1. The van der Waals surface area contributed by atoms with Gasteiger partial charge in [0, 0.05) is 25.7 Å². The first-order valence-corrected chi connectivity index (χ1v) is 12.7. The first kappa shape index (κ1) is 24.6. The second-order valence-corrected chi connectivity index (χ2v) is 9.09. The fourth-order valence-electron chi connectivity index (χ4n) is 4.42. The van der Waals surface area contributed by atoms with Crippen LogP contribution in [0.5, 0.6) is 11.5 Å². The molecular formula is C30H36N2O3. The number of urea groups is 1. The standard InChI is InChI=1S/C30H36N2O3/c1-2-3-18-31-30(33)32-19-16-26(17-20-32)28-15-14-27(34-22-24-10-6-4-7-11-24)21-29(28)35-23-25-12-8-5-9-13-25/h4-15,21,26H,2-3,16-20,22-23H2,1H3,(H,31,33). The van der Waals surface area contributed by atoms with Crippen molar-refractivity contribution in [3.05, 3.63) is 95.6 Å². The van der Waals surface area contributed by atoms with Gasteiger partial charge in [0.25, 0.3) is 0 Å². The van der Waals surface area contributed by atoms with Crippen molar-refractivity contribution in [2.24, 2.45) is 0 Å². The Morgan fingerprint density at radius 3 is 2.14 bits per heavy atom. The SMILES string of the molecule is CCCCNC(=O)N1CCC(c2ccc(OCc3ccccc3)cc2OCc2ccccc2)CC1. The third kappa shape index (κ3) is 7.25. The maximum Gasteiger partial charge on any atom is 0.317 e. The molecule has 1 aliphatic rings. The zero-order valence-corrected chi connectivity index (χ0v) is 20.6. The van der Waals surface area contributed by atoms with Crippen molar-refractivity contribution < 1.29 is 14.3 Å². The largest absolute Gasteiger partial charge is 0.489 e. The highest BCUT2D eigenvalue weighted by Crippen LogP contribution is 2.37. The van der Waals surface area contributed by atoms with Crippen molar-refractivity contribution in [2.75, 3.05) is 19.6 Å². The predicted octanol–water partition coefficient (Wildman–Crippen LogP) is 6.53. The Morgan fingerprint density at radius 1 is 0.886 bits per heavy atom. The number of amides is 2. The molecule has 184 valence electrons. The molecule has 1 N–H and O–H groups in total. The molecule has 5 nitrogen and oxygen atoms in total. The molecule has 0 unspecified atom stereocenters. The number of unbranched alkanes of at least 4 members (excludes halogenated alkanes) is 1. The maximum absolute atomic E-state index is 12.4. The van der Waals surface area contributed by atoms with Gasteiger partial charge in [-0.2, -0.15) is 0 Å². The minimum atomic E-state index is 0.0575. The molecule has 0 radical (unpaired) electrons. The van der Waals surface area contributed by atoms with Crippen LogP contribution in [0.25, 0.3) is 0 Å². The average molecular weight is 473 g/mol. The van der Waals surface area contributed by atoms with E-state index >= 15 is 0 Å². The zero-order chi connectivity index (χ0) is 24.3. The summed E-state index contributed by atoms with van der Waals surface area (Å²) in [6, 6.07) is 26.6. The van der Waals surface area contributed by atoms with Crippen LogP contribution in [0.15, 0.2) is 78.9 Å². The van der Waals surface area contributed by atoms with E-state index in [1.807, 2.05) is 53.4 Å². The van der Waals surface area contributed by atoms with Gasteiger partial charge >= 0.3 is 6.03 Å². The lowest BCUT2D eigenvalue weighted by Gasteiger charge is -2.33. The van der Waals surface area contributed by atoms with Gasteiger partial charge in [-0.3, -0.25) is 0 Å². The van der Waals surface area contributed by atoms with Crippen LogP contribution in [0, 0.1) is 0 Å². The van der Waals surface area contributed by atoms with Gasteiger partial charge in [-0.25, -0.2) is 4.79 Å². The summed E-state index contributed by atoms with van der Waals surface area (Å²) in [5, 5.41) is 3.04. The molecule has 3 aromatic rings. The molecule has 5 heteroatoms. The molecule has 1 fully saturated rings. The van der Waals surface area contributed by atoms with E-state index in [1.54, 1.807) is 0 Å². The van der Waals surface area contributed by atoms with Gasteiger partial charge in [0.2, 0.25) is 0 Å². The normalized spacial score (nSPS) is 13.9. The number of nitrogens with one attached hydrogen (secondary N) is 1. The van der Waals surface area contributed by atoms with Crippen LogP contribution in [0.1, 0.15) is 55.2 Å². The fourth-order valence-corrected chi connectivity index (χ4v) is 4.42. The van der Waals surface area contributed by atoms with E-state index in [2.05, 4.69) is 42.6 Å². The van der Waals surface area contributed by atoms with E-state index in [0.717, 1.165) is 67.9 Å². The highest BCUT2D eigenvalue weighted by molar-refractivity contribution is 5.74. The van der Waals surface area contributed by atoms with E-state index in [-0.39, 0.29) is 6.03 Å². The highest BCUT2D eigenvalue weighted by Gasteiger charge is 2.26. The molecule has 1 aliphatic heterocycles. The van der Waals surface area contributed by atoms with Crippen LogP contribution in [0.2, 0.25) is 0 Å². The number of carbonyl (C=O) groups excluding carboxylic acids is 1. The zero-order valence-electron chi connectivity index (χ0n) is 20.6. The number of ether oxygens (including phenoxy) is 2. The number of benzene rings is 3. The van der Waals surface area contributed by atoms with Crippen LogP contribution in [0.4, 0.5) is 4.79 Å². The van der Waals surface area contributed by atoms with Crippen molar-refractivity contribution in [2.45, 2.75) is 51.7 Å². The lowest BCUT2D eigenvalue weighted by molar-refractivity contribution is 0.180. The summed E-state index contributed by atoms with van der Waals surface area (Å²) in [6.45, 7) is 5.42. The van der Waals surface area contributed by atoms with E-state index in [4.69, 9.17) is 9.47 Å². The van der Waals surface area contributed by atoms with Gasteiger partial charge in [-0.05, 0) is 47.9 Å². The molecule has 4 rings (SSSR count). The van der Waals surface area contributed by atoms with Crippen LogP contribution in [0.3, 0.4) is 0 Å². The minimum absolute atomic E-state index is 0.0575. The maximum atomic E-state index is 12.4. The van der Waals surface area contributed by atoms with Gasteiger partial charge in [0.1, 0.15) is 24.7 Å². The molecule has 0 atom stereocenters. The van der Waals surface area contributed by atoms with Crippen LogP contribution < -0.4 is 14.8 Å². The number of carbonyl (C=O) groups is 1. The number of rotatable bonds is 10. The number of hydrogen-bond acceptors (Lipinski definition) is 3. The Bertz CT molecular complexity index is 1050. The van der Waals surface area contributed by atoms with Crippen molar-refractivity contribution >= 4 is 6.03 Å². The fraction of sp³-hybridized carbons (Fsp3) is 0.367. The molecule has 0 aromatic heterocycles. The number of nitrogens with zero attached hydrogens (tertiary/aromatic N) is 1. The third-order valence-corrected chi connectivity index (χ3v) is 6.50. The summed E-state index contributed by atoms with van der Waals surface area (Å²) in [6.07, 6.45) is 3.95. The van der Waals surface area contributed by atoms with Crippen LogP contribution >= 0.6 is 0 Å². The van der Waals surface area contributed by atoms with E-state index in [9.17, 15) is 4.79 Å². The lowest BCUT2D eigenvalue weighted by Crippen LogP contribution is -2.44. The Kier molecular flexibility index (Phi) is 9.04. The van der Waals surface area contributed by atoms with E-state index < -0.39 is 0 Å². The molecular weight excluding hydrogens is 436 g/mol. The molecule has 0 aliphatic carbocycles. The Balaban J connectivity index is 1.43.